The van der Waals surface area contributed by atoms with Gasteiger partial charge in [0.25, 0.3) is 5.91 Å². The monoisotopic (exact) mass is 491 g/mol. The number of nitrogens with zero attached hydrogens (tertiary/aromatic N) is 1. The zero-order chi connectivity index (χ0) is 23.0. The van der Waals surface area contributed by atoms with Crippen LogP contribution in [-0.2, 0) is 23.4 Å². The molecule has 0 aliphatic carbocycles. The van der Waals surface area contributed by atoms with Crippen LogP contribution in [0.4, 0.5) is 5.69 Å². The fraction of sp³-hybridized carbons (Fsp3) is 0.259. The summed E-state index contributed by atoms with van der Waals surface area (Å²) < 4.78 is 0.746. The average Bonchev–Trinajstić information content (AvgIpc) is 2.97. The number of carbonyl (C=O) groups is 2. The molecule has 0 aromatic heterocycles. The number of hydrogen-bond acceptors (Lipinski definition) is 3. The van der Waals surface area contributed by atoms with Crippen molar-refractivity contribution in [3.05, 3.63) is 98.5 Å². The Balaban J connectivity index is 1.70. The van der Waals surface area contributed by atoms with Crippen molar-refractivity contribution in [2.24, 2.45) is 0 Å². The molecule has 4 rings (SSSR count). The number of hydrogen-bond donors (Lipinski definition) is 1. The number of anilines is 1. The summed E-state index contributed by atoms with van der Waals surface area (Å²) in [7, 11) is 0. The standard InChI is InChI=1S/C27H26BrNO3/c1-4-19-7-9-20(10-8-19)25(30)15-27(32)23-14-22(28)11-12-24(23)29(26(27)31)16-21-13-17(2)5-6-18(21)3/h5-14,32H,4,15-16H2,1-3H3. The van der Waals surface area contributed by atoms with E-state index < -0.39 is 11.5 Å². The molecule has 0 saturated carbocycles. The van der Waals surface area contributed by atoms with Crippen LogP contribution in [0, 0.1) is 13.8 Å². The van der Waals surface area contributed by atoms with Crippen LogP contribution < -0.4 is 4.90 Å². The highest BCUT2D eigenvalue weighted by Gasteiger charge is 2.51. The van der Waals surface area contributed by atoms with Gasteiger partial charge in [0, 0.05) is 15.6 Å². The maximum atomic E-state index is 13.6. The molecule has 1 N–H and O–H groups in total. The van der Waals surface area contributed by atoms with Crippen LogP contribution in [0.15, 0.2) is 65.1 Å². The smallest absolute Gasteiger partial charge is 0.264 e. The van der Waals surface area contributed by atoms with E-state index in [0.29, 0.717) is 23.4 Å². The zero-order valence-electron chi connectivity index (χ0n) is 18.5. The first-order chi connectivity index (χ1) is 15.2. The fourth-order valence-corrected chi connectivity index (χ4v) is 4.61. The molecule has 0 spiro atoms. The largest absolute Gasteiger partial charge is 0.375 e. The summed E-state index contributed by atoms with van der Waals surface area (Å²) in [4.78, 5) is 28.2. The quantitative estimate of drug-likeness (QED) is 0.454. The number of halogens is 1. The normalized spacial score (nSPS) is 17.5. The first kappa shape index (κ1) is 22.4. The third-order valence-electron chi connectivity index (χ3n) is 6.23. The lowest BCUT2D eigenvalue weighted by Gasteiger charge is -2.23. The molecule has 1 amide bonds. The predicted octanol–water partition coefficient (Wildman–Crippen LogP) is 5.64. The number of Topliss-reactive ketones (excluding diaryl/α,β-unsaturated/α-hetero) is 1. The second-order valence-electron chi connectivity index (χ2n) is 8.49. The molecule has 3 aromatic rings. The topological polar surface area (TPSA) is 57.6 Å². The predicted molar refractivity (Wildman–Crippen MR) is 130 cm³/mol. The van der Waals surface area contributed by atoms with Crippen molar-refractivity contribution < 1.29 is 14.7 Å². The number of benzene rings is 3. The molecule has 3 aromatic carbocycles. The number of fused-ring (bicyclic) bond motifs is 1. The van der Waals surface area contributed by atoms with Crippen molar-refractivity contribution in [3.63, 3.8) is 0 Å². The zero-order valence-corrected chi connectivity index (χ0v) is 20.1. The van der Waals surface area contributed by atoms with E-state index in [0.717, 1.165) is 33.1 Å². The van der Waals surface area contributed by atoms with Crippen molar-refractivity contribution in [1.82, 2.24) is 0 Å². The van der Waals surface area contributed by atoms with Crippen molar-refractivity contribution in [1.29, 1.82) is 0 Å². The third-order valence-corrected chi connectivity index (χ3v) is 6.72. The minimum Gasteiger partial charge on any atom is -0.375 e. The summed E-state index contributed by atoms with van der Waals surface area (Å²) in [5.74, 6) is -0.729. The second-order valence-corrected chi connectivity index (χ2v) is 9.41. The molecule has 1 aliphatic heterocycles. The van der Waals surface area contributed by atoms with Gasteiger partial charge < -0.3 is 10.0 Å². The minimum absolute atomic E-state index is 0.261. The molecule has 0 saturated heterocycles. The molecule has 32 heavy (non-hydrogen) atoms. The van der Waals surface area contributed by atoms with Crippen molar-refractivity contribution >= 4 is 33.3 Å². The molecule has 5 heteroatoms. The van der Waals surface area contributed by atoms with Gasteiger partial charge in [-0.25, -0.2) is 0 Å². The number of rotatable bonds is 6. The second kappa shape index (κ2) is 8.64. The van der Waals surface area contributed by atoms with E-state index in [1.807, 2.05) is 50.2 Å². The van der Waals surface area contributed by atoms with Gasteiger partial charge in [0.15, 0.2) is 11.4 Å². The Bertz CT molecular complexity index is 1200. The van der Waals surface area contributed by atoms with E-state index in [4.69, 9.17) is 0 Å². The van der Waals surface area contributed by atoms with Gasteiger partial charge in [-0.05, 0) is 55.2 Å². The highest BCUT2D eigenvalue weighted by Crippen LogP contribution is 2.45. The van der Waals surface area contributed by atoms with Crippen LogP contribution in [-0.4, -0.2) is 16.8 Å². The number of ketones is 1. The van der Waals surface area contributed by atoms with Crippen molar-refractivity contribution in [2.75, 3.05) is 4.90 Å². The molecule has 4 nitrogen and oxygen atoms in total. The Hall–Kier alpha value is -2.76. The Morgan fingerprint density at radius 2 is 1.75 bits per heavy atom. The van der Waals surface area contributed by atoms with Gasteiger partial charge >= 0.3 is 0 Å². The van der Waals surface area contributed by atoms with E-state index >= 15 is 0 Å². The van der Waals surface area contributed by atoms with Crippen molar-refractivity contribution in [3.8, 4) is 0 Å². The van der Waals surface area contributed by atoms with E-state index in [1.54, 1.807) is 23.1 Å². The van der Waals surface area contributed by atoms with E-state index in [2.05, 4.69) is 28.9 Å². The molecule has 0 fully saturated rings. The highest BCUT2D eigenvalue weighted by molar-refractivity contribution is 9.10. The summed E-state index contributed by atoms with van der Waals surface area (Å²) in [5, 5.41) is 11.6. The van der Waals surface area contributed by atoms with Crippen LogP contribution in [0.1, 0.15) is 51.5 Å². The first-order valence-electron chi connectivity index (χ1n) is 10.8. The third kappa shape index (κ3) is 4.03. The van der Waals surface area contributed by atoms with Crippen LogP contribution >= 0.6 is 15.9 Å². The van der Waals surface area contributed by atoms with Crippen LogP contribution in [0.5, 0.6) is 0 Å². The maximum absolute atomic E-state index is 13.6. The molecular formula is C27H26BrNO3. The van der Waals surface area contributed by atoms with E-state index in [-0.39, 0.29) is 12.2 Å². The average molecular weight is 492 g/mol. The maximum Gasteiger partial charge on any atom is 0.264 e. The molecule has 164 valence electrons. The van der Waals surface area contributed by atoms with Crippen LogP contribution in [0.25, 0.3) is 0 Å². The fourth-order valence-electron chi connectivity index (χ4n) is 4.25. The molecule has 0 radical (unpaired) electrons. The van der Waals surface area contributed by atoms with Gasteiger partial charge in [0.05, 0.1) is 18.7 Å². The summed E-state index contributed by atoms with van der Waals surface area (Å²) >= 11 is 3.45. The number of amides is 1. The van der Waals surface area contributed by atoms with Crippen LogP contribution in [0.3, 0.4) is 0 Å². The first-order valence-corrected chi connectivity index (χ1v) is 11.5. The lowest BCUT2D eigenvalue weighted by molar-refractivity contribution is -0.136. The number of aliphatic hydroxyl groups is 1. The Morgan fingerprint density at radius 1 is 1.03 bits per heavy atom. The molecule has 1 unspecified atom stereocenters. The van der Waals surface area contributed by atoms with Crippen LogP contribution in [0.2, 0.25) is 0 Å². The molecule has 1 atom stereocenters. The lowest BCUT2D eigenvalue weighted by Crippen LogP contribution is -2.41. The molecule has 0 bridgehead atoms. The summed E-state index contributed by atoms with van der Waals surface area (Å²) in [6, 6.07) is 18.9. The Morgan fingerprint density at radius 3 is 2.44 bits per heavy atom. The molecular weight excluding hydrogens is 466 g/mol. The lowest BCUT2D eigenvalue weighted by atomic mass is 9.88. The molecule has 1 heterocycles. The van der Waals surface area contributed by atoms with Gasteiger partial charge in [-0.3, -0.25) is 9.59 Å². The number of aryl methyl sites for hydroxylation is 3. The van der Waals surface area contributed by atoms with Crippen molar-refractivity contribution in [2.45, 2.75) is 45.8 Å². The van der Waals surface area contributed by atoms with Gasteiger partial charge in [0.2, 0.25) is 0 Å². The van der Waals surface area contributed by atoms with Gasteiger partial charge in [-0.15, -0.1) is 0 Å². The molecule has 1 aliphatic rings. The van der Waals surface area contributed by atoms with E-state index in [1.165, 1.54) is 0 Å². The van der Waals surface area contributed by atoms with Gasteiger partial charge in [0.1, 0.15) is 0 Å². The summed E-state index contributed by atoms with van der Waals surface area (Å²) in [6.07, 6.45) is 0.579. The van der Waals surface area contributed by atoms with Gasteiger partial charge in [-0.1, -0.05) is 70.9 Å². The van der Waals surface area contributed by atoms with Gasteiger partial charge in [-0.2, -0.15) is 0 Å². The summed E-state index contributed by atoms with van der Waals surface area (Å²) in [6.45, 7) is 6.41. The highest BCUT2D eigenvalue weighted by atomic mass is 79.9. The Labute approximate surface area is 197 Å². The van der Waals surface area contributed by atoms with E-state index in [9.17, 15) is 14.7 Å². The SMILES string of the molecule is CCc1ccc(C(=O)CC2(O)C(=O)N(Cc3cc(C)ccc3C)c3ccc(Br)cc32)cc1. The number of carbonyl (C=O) groups excluding carboxylic acids is 2. The minimum atomic E-state index is -1.91. The summed E-state index contributed by atoms with van der Waals surface area (Å²) in [5.41, 5.74) is 4.00. The Kier molecular flexibility index (Phi) is 6.06.